The van der Waals surface area contributed by atoms with Gasteiger partial charge in [-0.1, -0.05) is 47.1 Å². The standard InChI is InChI=1S/C31H54/c1-20(2)9-10-22(5)26-11-12-27-29-23(6)18-25-19-24(17-21(3)4)13-15-30(25,7)28(29)14-16-31(26,27)8/h21-29H,1,9-19H2,2-8H3. The zero-order valence-corrected chi connectivity index (χ0v) is 22.2. The Hall–Kier alpha value is -0.260. The van der Waals surface area contributed by atoms with Gasteiger partial charge in [-0.15, -0.1) is 6.58 Å². The molecule has 10 atom stereocenters. The minimum absolute atomic E-state index is 0.613. The van der Waals surface area contributed by atoms with Crippen LogP contribution in [0.2, 0.25) is 0 Å². The third-order valence-corrected chi connectivity index (χ3v) is 11.7. The summed E-state index contributed by atoms with van der Waals surface area (Å²) in [5.41, 5.74) is 2.64. The zero-order valence-electron chi connectivity index (χ0n) is 22.2. The fourth-order valence-electron chi connectivity index (χ4n) is 10.3. The van der Waals surface area contributed by atoms with Crippen molar-refractivity contribution in [2.45, 2.75) is 119 Å². The molecule has 0 bridgehead atoms. The Kier molecular flexibility index (Phi) is 6.80. The number of rotatable bonds is 6. The summed E-state index contributed by atoms with van der Waals surface area (Å²) >= 11 is 0. The molecule has 31 heavy (non-hydrogen) atoms. The van der Waals surface area contributed by atoms with Gasteiger partial charge in [0, 0.05) is 0 Å². The Balaban J connectivity index is 1.51. The molecular weight excluding hydrogens is 372 g/mol. The average molecular weight is 427 g/mol. The van der Waals surface area contributed by atoms with Crippen molar-refractivity contribution >= 4 is 0 Å². The molecule has 0 heteroatoms. The summed E-state index contributed by atoms with van der Waals surface area (Å²) in [5.74, 6) is 8.72. The molecule has 0 aromatic carbocycles. The lowest BCUT2D eigenvalue weighted by atomic mass is 9.42. The normalized spacial score (nSPS) is 48.1. The van der Waals surface area contributed by atoms with Crippen molar-refractivity contribution in [1.29, 1.82) is 0 Å². The van der Waals surface area contributed by atoms with Crippen molar-refractivity contribution in [3.63, 3.8) is 0 Å². The molecule has 0 aliphatic heterocycles. The van der Waals surface area contributed by atoms with Gasteiger partial charge in [-0.3, -0.25) is 0 Å². The van der Waals surface area contributed by atoms with E-state index >= 15 is 0 Å². The first kappa shape index (κ1) is 23.9. The van der Waals surface area contributed by atoms with Crippen molar-refractivity contribution < 1.29 is 0 Å². The molecule has 4 aliphatic rings. The monoisotopic (exact) mass is 426 g/mol. The molecule has 4 saturated carbocycles. The maximum atomic E-state index is 4.18. The van der Waals surface area contributed by atoms with Gasteiger partial charge in [-0.05, 0) is 142 Å². The first-order valence-electron chi connectivity index (χ1n) is 14.2. The van der Waals surface area contributed by atoms with Crippen LogP contribution in [-0.4, -0.2) is 0 Å². The van der Waals surface area contributed by atoms with Gasteiger partial charge in [0.25, 0.3) is 0 Å². The van der Waals surface area contributed by atoms with E-state index in [0.717, 1.165) is 53.3 Å². The summed E-state index contributed by atoms with van der Waals surface area (Å²) in [6.45, 7) is 22.0. The van der Waals surface area contributed by atoms with E-state index < -0.39 is 0 Å². The quantitative estimate of drug-likeness (QED) is 0.371. The number of allylic oxidation sites excluding steroid dienone is 1. The minimum Gasteiger partial charge on any atom is -0.100 e. The first-order valence-corrected chi connectivity index (χ1v) is 14.2. The van der Waals surface area contributed by atoms with Gasteiger partial charge >= 0.3 is 0 Å². The highest BCUT2D eigenvalue weighted by Gasteiger charge is 2.62. The second-order valence-electron chi connectivity index (χ2n) is 14.2. The van der Waals surface area contributed by atoms with E-state index in [4.69, 9.17) is 0 Å². The topological polar surface area (TPSA) is 0 Å². The smallest absolute Gasteiger partial charge is 0.0264 e. The molecule has 178 valence electrons. The van der Waals surface area contributed by atoms with Crippen LogP contribution in [0, 0.1) is 64.1 Å². The van der Waals surface area contributed by atoms with Crippen LogP contribution in [0.15, 0.2) is 12.2 Å². The van der Waals surface area contributed by atoms with Gasteiger partial charge in [0.1, 0.15) is 0 Å². The molecule has 0 spiro atoms. The fraction of sp³-hybridized carbons (Fsp3) is 0.935. The van der Waals surface area contributed by atoms with Gasteiger partial charge in [-0.25, -0.2) is 0 Å². The molecule has 0 heterocycles. The summed E-state index contributed by atoms with van der Waals surface area (Å²) in [4.78, 5) is 0. The summed E-state index contributed by atoms with van der Waals surface area (Å²) in [7, 11) is 0. The molecule has 0 radical (unpaired) electrons. The summed E-state index contributed by atoms with van der Waals surface area (Å²) < 4.78 is 0. The van der Waals surface area contributed by atoms with Crippen LogP contribution in [0.4, 0.5) is 0 Å². The van der Waals surface area contributed by atoms with Gasteiger partial charge in [0.15, 0.2) is 0 Å². The maximum Gasteiger partial charge on any atom is -0.0264 e. The van der Waals surface area contributed by atoms with Crippen LogP contribution in [0.25, 0.3) is 0 Å². The van der Waals surface area contributed by atoms with Crippen molar-refractivity contribution in [2.24, 2.45) is 64.1 Å². The van der Waals surface area contributed by atoms with Crippen LogP contribution >= 0.6 is 0 Å². The van der Waals surface area contributed by atoms with Crippen molar-refractivity contribution in [3.05, 3.63) is 12.2 Å². The molecule has 10 unspecified atom stereocenters. The summed E-state index contributed by atoms with van der Waals surface area (Å²) in [6.07, 6.45) is 16.3. The molecule has 0 saturated heterocycles. The SMILES string of the molecule is C=C(C)CCC(C)C1CCC2C3C(C)CC4CC(CC(C)C)CCC4(C)C3CCC12C. The number of hydrogen-bond acceptors (Lipinski definition) is 0. The lowest BCUT2D eigenvalue weighted by Crippen LogP contribution is -2.56. The van der Waals surface area contributed by atoms with Gasteiger partial charge in [0.05, 0.1) is 0 Å². The Morgan fingerprint density at radius 3 is 2.29 bits per heavy atom. The van der Waals surface area contributed by atoms with Crippen molar-refractivity contribution in [1.82, 2.24) is 0 Å². The van der Waals surface area contributed by atoms with E-state index in [9.17, 15) is 0 Å². The molecule has 0 N–H and O–H groups in total. The Labute approximate surface area is 195 Å². The van der Waals surface area contributed by atoms with Crippen molar-refractivity contribution in [2.75, 3.05) is 0 Å². The Morgan fingerprint density at radius 1 is 0.935 bits per heavy atom. The van der Waals surface area contributed by atoms with E-state index in [1.807, 2.05) is 0 Å². The number of hydrogen-bond donors (Lipinski definition) is 0. The van der Waals surface area contributed by atoms with Crippen LogP contribution < -0.4 is 0 Å². The molecule has 0 aromatic heterocycles. The second-order valence-corrected chi connectivity index (χ2v) is 14.2. The highest BCUT2D eigenvalue weighted by molar-refractivity contribution is 5.11. The Morgan fingerprint density at radius 2 is 1.61 bits per heavy atom. The van der Waals surface area contributed by atoms with Gasteiger partial charge in [-0.2, -0.15) is 0 Å². The van der Waals surface area contributed by atoms with Crippen LogP contribution in [-0.2, 0) is 0 Å². The first-order chi connectivity index (χ1) is 14.6. The third-order valence-electron chi connectivity index (χ3n) is 11.7. The lowest BCUT2D eigenvalue weighted by molar-refractivity contribution is -0.144. The molecule has 4 fully saturated rings. The third kappa shape index (κ3) is 4.21. The molecule has 0 aromatic rings. The summed E-state index contributed by atoms with van der Waals surface area (Å²) in [5, 5.41) is 0. The highest BCUT2D eigenvalue weighted by Crippen LogP contribution is 2.69. The second kappa shape index (κ2) is 8.83. The highest BCUT2D eigenvalue weighted by atomic mass is 14.7. The molecule has 4 rings (SSSR count). The van der Waals surface area contributed by atoms with Gasteiger partial charge in [0.2, 0.25) is 0 Å². The average Bonchev–Trinajstić information content (AvgIpc) is 3.04. The van der Waals surface area contributed by atoms with E-state index in [0.29, 0.717) is 10.8 Å². The fourth-order valence-corrected chi connectivity index (χ4v) is 10.3. The molecule has 4 aliphatic carbocycles. The van der Waals surface area contributed by atoms with Gasteiger partial charge < -0.3 is 0 Å². The molecule has 0 nitrogen and oxygen atoms in total. The predicted molar refractivity (Wildman–Crippen MR) is 136 cm³/mol. The van der Waals surface area contributed by atoms with Crippen LogP contribution in [0.1, 0.15) is 119 Å². The maximum absolute atomic E-state index is 4.18. The predicted octanol–water partition coefficient (Wildman–Crippen LogP) is 9.55. The van der Waals surface area contributed by atoms with Crippen LogP contribution in [0.3, 0.4) is 0 Å². The van der Waals surface area contributed by atoms with Crippen molar-refractivity contribution in [3.8, 4) is 0 Å². The van der Waals surface area contributed by atoms with E-state index in [-0.39, 0.29) is 0 Å². The van der Waals surface area contributed by atoms with E-state index in [1.54, 1.807) is 6.42 Å². The molecule has 0 amide bonds. The van der Waals surface area contributed by atoms with E-state index in [2.05, 4.69) is 55.0 Å². The number of fused-ring (bicyclic) bond motifs is 5. The lowest BCUT2D eigenvalue weighted by Gasteiger charge is -2.63. The largest absolute Gasteiger partial charge is 0.100 e. The summed E-state index contributed by atoms with van der Waals surface area (Å²) in [6, 6.07) is 0. The van der Waals surface area contributed by atoms with E-state index in [1.165, 1.54) is 69.8 Å². The minimum atomic E-state index is 0.613. The Bertz CT molecular complexity index is 644. The van der Waals surface area contributed by atoms with Crippen LogP contribution in [0.5, 0.6) is 0 Å². The zero-order chi connectivity index (χ0) is 22.6. The molecular formula is C31H54.